The third-order valence-electron chi connectivity index (χ3n) is 6.01. The molecule has 8 nitrogen and oxygen atoms in total. The number of amides is 2. The van der Waals surface area contributed by atoms with Crippen LogP contribution in [-0.4, -0.2) is 88.2 Å². The molecule has 0 aliphatic carbocycles. The van der Waals surface area contributed by atoms with Crippen LogP contribution in [0.2, 0.25) is 4.34 Å². The molecule has 37 heavy (non-hydrogen) atoms. The molecule has 0 radical (unpaired) electrons. The van der Waals surface area contributed by atoms with Crippen LogP contribution in [0.15, 0.2) is 35.7 Å². The Morgan fingerprint density at radius 1 is 1.19 bits per heavy atom. The molecule has 1 aliphatic heterocycles. The van der Waals surface area contributed by atoms with Gasteiger partial charge in [0.15, 0.2) is 0 Å². The highest BCUT2D eigenvalue weighted by Crippen LogP contribution is 2.32. The fraction of sp³-hybridized carbons (Fsp3) is 0.440. The Labute approximate surface area is 226 Å². The zero-order valence-electron chi connectivity index (χ0n) is 21.6. The summed E-state index contributed by atoms with van der Waals surface area (Å²) in [5, 5.41) is 1.17. The van der Waals surface area contributed by atoms with Crippen molar-refractivity contribution in [2.45, 2.75) is 25.8 Å². The van der Waals surface area contributed by atoms with Crippen LogP contribution in [0.1, 0.15) is 35.0 Å². The minimum atomic E-state index is -3.99. The third-order valence-corrected chi connectivity index (χ3v) is 9.12. The van der Waals surface area contributed by atoms with Crippen LogP contribution < -0.4 is 4.90 Å². The number of nitrogens with zero attached hydrogens (tertiary/aromatic N) is 4. The first-order chi connectivity index (χ1) is 17.3. The minimum absolute atomic E-state index is 0.0217. The molecule has 2 amide bonds. The van der Waals surface area contributed by atoms with Gasteiger partial charge in [0.25, 0.3) is 5.91 Å². The van der Waals surface area contributed by atoms with Gasteiger partial charge in [0.2, 0.25) is 15.9 Å². The van der Waals surface area contributed by atoms with Gasteiger partial charge in [0.1, 0.15) is 11.9 Å². The van der Waals surface area contributed by atoms with Crippen molar-refractivity contribution in [3.05, 3.63) is 56.3 Å². The van der Waals surface area contributed by atoms with Gasteiger partial charge in [-0.1, -0.05) is 11.6 Å². The molecule has 0 saturated carbocycles. The van der Waals surface area contributed by atoms with E-state index in [1.165, 1.54) is 43.0 Å². The van der Waals surface area contributed by atoms with Gasteiger partial charge < -0.3 is 14.7 Å². The van der Waals surface area contributed by atoms with Crippen molar-refractivity contribution >= 4 is 56.0 Å². The van der Waals surface area contributed by atoms with Crippen LogP contribution >= 0.6 is 22.9 Å². The summed E-state index contributed by atoms with van der Waals surface area (Å²) in [6.07, 6.45) is 0.735. The van der Waals surface area contributed by atoms with Crippen molar-refractivity contribution in [3.63, 3.8) is 0 Å². The summed E-state index contributed by atoms with van der Waals surface area (Å²) < 4.78 is 43.8. The fourth-order valence-electron chi connectivity index (χ4n) is 4.17. The largest absolute Gasteiger partial charge is 0.345 e. The average Bonchev–Trinajstić information content (AvgIpc) is 3.41. The van der Waals surface area contributed by atoms with E-state index in [1.807, 2.05) is 19.0 Å². The molecule has 1 atom stereocenters. The molecule has 1 aromatic carbocycles. The van der Waals surface area contributed by atoms with E-state index in [4.69, 9.17) is 11.6 Å². The van der Waals surface area contributed by atoms with Gasteiger partial charge in [0, 0.05) is 37.6 Å². The Hall–Kier alpha value is -2.31. The summed E-state index contributed by atoms with van der Waals surface area (Å²) in [5.41, 5.74) is 0.703. The van der Waals surface area contributed by atoms with E-state index in [-0.39, 0.29) is 36.7 Å². The van der Waals surface area contributed by atoms with Crippen molar-refractivity contribution in [2.24, 2.45) is 0 Å². The van der Waals surface area contributed by atoms with E-state index in [2.05, 4.69) is 0 Å². The van der Waals surface area contributed by atoms with Crippen LogP contribution in [0.4, 0.5) is 10.1 Å². The topological polar surface area (TPSA) is 81.2 Å². The fourth-order valence-corrected chi connectivity index (χ4v) is 6.90. The predicted molar refractivity (Wildman–Crippen MR) is 147 cm³/mol. The number of hydrogen-bond acceptors (Lipinski definition) is 6. The lowest BCUT2D eigenvalue weighted by atomic mass is 10.1. The van der Waals surface area contributed by atoms with Crippen LogP contribution in [0, 0.1) is 5.82 Å². The van der Waals surface area contributed by atoms with Crippen LogP contribution in [-0.2, 0) is 14.8 Å². The summed E-state index contributed by atoms with van der Waals surface area (Å²) in [7, 11) is 2.92. The number of benzene rings is 1. The van der Waals surface area contributed by atoms with E-state index in [9.17, 15) is 22.4 Å². The monoisotopic (exact) mass is 570 g/mol. The summed E-state index contributed by atoms with van der Waals surface area (Å²) >= 11 is 7.28. The second-order valence-electron chi connectivity index (χ2n) is 9.38. The zero-order valence-corrected chi connectivity index (χ0v) is 24.0. The molecule has 1 fully saturated rings. The van der Waals surface area contributed by atoms with Gasteiger partial charge in [0.05, 0.1) is 15.4 Å². The quantitative estimate of drug-likeness (QED) is 0.431. The number of rotatable bonds is 10. The number of allylic oxidation sites excluding steroid dienone is 1. The summed E-state index contributed by atoms with van der Waals surface area (Å²) in [6, 6.07) is 6.44. The molecule has 0 N–H and O–H groups in total. The van der Waals surface area contributed by atoms with E-state index >= 15 is 0 Å². The number of halogens is 2. The normalized spacial score (nSPS) is 16.8. The summed E-state index contributed by atoms with van der Waals surface area (Å²) in [6.45, 7) is 2.62. The highest BCUT2D eigenvalue weighted by Gasteiger charge is 2.42. The second kappa shape index (κ2) is 12.0. The maximum atomic E-state index is 15.0. The van der Waals surface area contributed by atoms with Crippen LogP contribution in [0.25, 0.3) is 5.57 Å². The molecular weight excluding hydrogens is 539 g/mol. The molecular formula is C25H32ClFN4O4S2. The highest BCUT2D eigenvalue weighted by molar-refractivity contribution is 7.92. The lowest BCUT2D eigenvalue weighted by Crippen LogP contribution is -2.45. The molecule has 0 bridgehead atoms. The number of anilines is 1. The number of hydrogen-bond donors (Lipinski definition) is 0. The van der Waals surface area contributed by atoms with Crippen molar-refractivity contribution in [1.82, 2.24) is 14.1 Å². The maximum absolute atomic E-state index is 15.0. The lowest BCUT2D eigenvalue weighted by molar-refractivity contribution is -0.120. The van der Waals surface area contributed by atoms with Crippen molar-refractivity contribution < 1.29 is 22.4 Å². The summed E-state index contributed by atoms with van der Waals surface area (Å²) in [4.78, 5) is 30.9. The van der Waals surface area contributed by atoms with Crippen LogP contribution in [0.5, 0.6) is 0 Å². The van der Waals surface area contributed by atoms with E-state index in [0.29, 0.717) is 22.9 Å². The van der Waals surface area contributed by atoms with Crippen LogP contribution in [0.3, 0.4) is 0 Å². The Bertz CT molecular complexity index is 1290. The lowest BCUT2D eigenvalue weighted by Gasteiger charge is -2.27. The van der Waals surface area contributed by atoms with Gasteiger partial charge in [-0.3, -0.25) is 9.59 Å². The first-order valence-corrected chi connectivity index (χ1v) is 14.4. The number of sulfonamides is 1. The standard InChI is InChI=1S/C25H32ClFN4O4S2/c1-17(22-9-10-23(26)36-22)16-37(34,35)31(13-6-12-28(2)3)21-11-14-30(25(21)33)20-8-7-18(15-19(20)27)24(32)29(4)5/h7-10,15-16,21H,6,11-14H2,1-5H3/b17-16+/t21-/m0/s1. The predicted octanol–water partition coefficient (Wildman–Crippen LogP) is 3.99. The Balaban J connectivity index is 1.90. The van der Waals surface area contributed by atoms with Gasteiger partial charge in [-0.2, -0.15) is 4.31 Å². The Morgan fingerprint density at radius 3 is 2.46 bits per heavy atom. The average molecular weight is 571 g/mol. The van der Waals surface area contributed by atoms with E-state index in [0.717, 1.165) is 10.9 Å². The minimum Gasteiger partial charge on any atom is -0.345 e. The number of thiophene rings is 1. The first-order valence-electron chi connectivity index (χ1n) is 11.7. The first kappa shape index (κ1) is 29.2. The van der Waals surface area contributed by atoms with E-state index in [1.54, 1.807) is 33.2 Å². The van der Waals surface area contributed by atoms with Gasteiger partial charge in [-0.05, 0) is 76.3 Å². The number of carbonyl (C=O) groups excluding carboxylic acids is 2. The molecule has 1 aliphatic rings. The Kier molecular flexibility index (Phi) is 9.52. The van der Waals surface area contributed by atoms with Gasteiger partial charge in [-0.25, -0.2) is 12.8 Å². The van der Waals surface area contributed by atoms with Gasteiger partial charge in [-0.15, -0.1) is 11.3 Å². The number of carbonyl (C=O) groups is 2. The molecule has 2 aromatic rings. The molecule has 1 saturated heterocycles. The third kappa shape index (κ3) is 6.97. The van der Waals surface area contributed by atoms with Crippen molar-refractivity contribution in [3.8, 4) is 0 Å². The molecule has 12 heteroatoms. The maximum Gasteiger partial charge on any atom is 0.253 e. The summed E-state index contributed by atoms with van der Waals surface area (Å²) in [5.74, 6) is -1.57. The highest BCUT2D eigenvalue weighted by atomic mass is 35.5. The molecule has 0 unspecified atom stereocenters. The molecule has 3 rings (SSSR count). The SMILES string of the molecule is C/C(=C\S(=O)(=O)N(CCCN(C)C)[C@H]1CCN(c2ccc(C(=O)N(C)C)cc2F)C1=O)c1ccc(Cl)s1. The smallest absolute Gasteiger partial charge is 0.253 e. The zero-order chi connectivity index (χ0) is 27.5. The van der Waals surface area contributed by atoms with Crippen molar-refractivity contribution in [1.29, 1.82) is 0 Å². The van der Waals surface area contributed by atoms with Gasteiger partial charge >= 0.3 is 0 Å². The molecule has 1 aromatic heterocycles. The molecule has 202 valence electrons. The Morgan fingerprint density at radius 2 is 1.89 bits per heavy atom. The molecule has 2 heterocycles. The van der Waals surface area contributed by atoms with Crippen molar-refractivity contribution in [2.75, 3.05) is 52.7 Å². The molecule has 0 spiro atoms. The van der Waals surface area contributed by atoms with E-state index < -0.39 is 27.8 Å². The second-order valence-corrected chi connectivity index (χ2v) is 12.8.